The number of halogens is 5. The first-order valence-corrected chi connectivity index (χ1v) is 11.3. The highest BCUT2D eigenvalue weighted by atomic mass is 19.4. The van der Waals surface area contributed by atoms with Crippen molar-refractivity contribution in [2.75, 3.05) is 0 Å². The molecule has 0 saturated carbocycles. The van der Waals surface area contributed by atoms with Crippen molar-refractivity contribution < 1.29 is 36.3 Å². The lowest BCUT2D eigenvalue weighted by Crippen LogP contribution is -2.15. The number of pyridine rings is 3. The monoisotopic (exact) mass is 546 g/mol. The average Bonchev–Trinajstić information content (AvgIpc) is 3.24. The number of nitrogens with zero attached hydrogens (tertiary/aromatic N) is 6. The van der Waals surface area contributed by atoms with Crippen molar-refractivity contribution in [1.29, 1.82) is 0 Å². The van der Waals surface area contributed by atoms with E-state index >= 15 is 0 Å². The maximum absolute atomic E-state index is 13.9. The summed E-state index contributed by atoms with van der Waals surface area (Å²) >= 11 is 0. The fraction of sp³-hybridized carbons (Fsp3) is 0.240. The highest BCUT2D eigenvalue weighted by Gasteiger charge is 2.32. The van der Waals surface area contributed by atoms with Crippen LogP contribution < -0.4 is 0 Å². The van der Waals surface area contributed by atoms with Crippen molar-refractivity contribution in [1.82, 2.24) is 29.9 Å². The van der Waals surface area contributed by atoms with Crippen LogP contribution in [0.15, 0.2) is 48.9 Å². The number of ketones is 1. The molecular weight excluding hydrogens is 527 g/mol. The molecule has 4 aromatic heterocycles. The number of carbonyl (C=O) groups excluding carboxylic acids is 2. The van der Waals surface area contributed by atoms with Gasteiger partial charge >= 0.3 is 12.1 Å². The zero-order valence-electron chi connectivity index (χ0n) is 20.4. The van der Waals surface area contributed by atoms with Gasteiger partial charge in [0.25, 0.3) is 0 Å². The first-order chi connectivity index (χ1) is 18.4. The standard InChI is InChI=1S/C25H19F5N6O3/c1-13(17-8-16(26)12-33-24(17)27)39-22(38)9-19-23(34-35-36(19)2)18-5-4-15(11-31-18)20(37)7-14-3-6-21(32-10-14)25(28,29)30/h3-6,8,10-13H,7,9H2,1-2H3/t13-/m1/s1. The highest BCUT2D eigenvalue weighted by Crippen LogP contribution is 2.27. The molecule has 0 saturated heterocycles. The molecule has 9 nitrogen and oxygen atoms in total. The van der Waals surface area contributed by atoms with Gasteiger partial charge in [-0.05, 0) is 36.8 Å². The largest absolute Gasteiger partial charge is 0.457 e. The number of Topliss-reactive ketones (excluding diaryl/α,β-unsaturated/α-hetero) is 1. The third kappa shape index (κ3) is 6.45. The summed E-state index contributed by atoms with van der Waals surface area (Å²) in [5.74, 6) is -2.91. The van der Waals surface area contributed by atoms with Gasteiger partial charge in [-0.3, -0.25) is 24.2 Å². The van der Waals surface area contributed by atoms with Crippen molar-refractivity contribution in [3.63, 3.8) is 0 Å². The number of alkyl halides is 3. The second-order valence-corrected chi connectivity index (χ2v) is 8.43. The number of ether oxygens (including phenoxy) is 1. The Morgan fingerprint density at radius 2 is 1.77 bits per heavy atom. The number of esters is 1. The van der Waals surface area contributed by atoms with Gasteiger partial charge in [0.15, 0.2) is 5.78 Å². The number of carbonyl (C=O) groups is 2. The van der Waals surface area contributed by atoms with E-state index in [4.69, 9.17) is 4.74 Å². The Morgan fingerprint density at radius 1 is 1.00 bits per heavy atom. The van der Waals surface area contributed by atoms with Crippen LogP contribution in [0.5, 0.6) is 0 Å². The Bertz CT molecular complexity index is 1500. The van der Waals surface area contributed by atoms with Crippen molar-refractivity contribution in [3.8, 4) is 11.4 Å². The minimum atomic E-state index is -4.58. The molecule has 1 atom stereocenters. The molecule has 0 amide bonds. The van der Waals surface area contributed by atoms with E-state index in [0.717, 1.165) is 18.3 Å². The number of hydrogen-bond donors (Lipinski definition) is 0. The molecule has 0 N–H and O–H groups in total. The molecule has 39 heavy (non-hydrogen) atoms. The van der Waals surface area contributed by atoms with Crippen LogP contribution >= 0.6 is 0 Å². The van der Waals surface area contributed by atoms with Gasteiger partial charge in [-0.1, -0.05) is 11.3 Å². The van der Waals surface area contributed by atoms with Crippen LogP contribution in [0.4, 0.5) is 22.0 Å². The maximum Gasteiger partial charge on any atom is 0.433 e. The second-order valence-electron chi connectivity index (χ2n) is 8.43. The highest BCUT2D eigenvalue weighted by molar-refractivity contribution is 5.97. The number of hydrogen-bond acceptors (Lipinski definition) is 8. The molecule has 0 aliphatic heterocycles. The summed E-state index contributed by atoms with van der Waals surface area (Å²) in [5.41, 5.74) is 0.0471. The molecule has 4 aromatic rings. The molecule has 0 aliphatic rings. The molecule has 0 radical (unpaired) electrons. The molecule has 4 rings (SSSR count). The summed E-state index contributed by atoms with van der Waals surface area (Å²) in [6.07, 6.45) is -3.23. The van der Waals surface area contributed by atoms with Crippen LogP contribution in [0.2, 0.25) is 0 Å². The van der Waals surface area contributed by atoms with Gasteiger partial charge in [-0.2, -0.15) is 17.6 Å². The van der Waals surface area contributed by atoms with Gasteiger partial charge in [0.05, 0.1) is 29.6 Å². The Labute approximate surface area is 217 Å². The van der Waals surface area contributed by atoms with E-state index in [1.165, 1.54) is 43.0 Å². The normalized spacial score (nSPS) is 12.3. The zero-order chi connectivity index (χ0) is 28.3. The molecule has 0 aromatic carbocycles. The number of aryl methyl sites for hydroxylation is 1. The van der Waals surface area contributed by atoms with E-state index in [9.17, 15) is 31.5 Å². The summed E-state index contributed by atoms with van der Waals surface area (Å²) in [6, 6.07) is 5.81. The Kier molecular flexibility index (Phi) is 7.74. The molecular formula is C25H19F5N6O3. The van der Waals surface area contributed by atoms with Crippen molar-refractivity contribution in [3.05, 3.63) is 88.8 Å². The lowest BCUT2D eigenvalue weighted by Gasteiger charge is -2.14. The topological polar surface area (TPSA) is 113 Å². The van der Waals surface area contributed by atoms with Gasteiger partial charge < -0.3 is 4.74 Å². The predicted octanol–water partition coefficient (Wildman–Crippen LogP) is 4.24. The van der Waals surface area contributed by atoms with E-state index in [-0.39, 0.29) is 35.4 Å². The third-order valence-corrected chi connectivity index (χ3v) is 5.64. The molecule has 0 aliphatic carbocycles. The number of rotatable bonds is 8. The van der Waals surface area contributed by atoms with Crippen molar-refractivity contribution in [2.24, 2.45) is 7.05 Å². The van der Waals surface area contributed by atoms with E-state index < -0.39 is 41.5 Å². The van der Waals surface area contributed by atoms with E-state index in [0.29, 0.717) is 17.5 Å². The van der Waals surface area contributed by atoms with Gasteiger partial charge in [-0.25, -0.2) is 9.37 Å². The molecule has 0 spiro atoms. The Hall–Kier alpha value is -4.62. The zero-order valence-corrected chi connectivity index (χ0v) is 20.4. The van der Waals surface area contributed by atoms with Crippen LogP contribution in [0.3, 0.4) is 0 Å². The SMILES string of the molecule is C[C@@H](OC(=O)Cc1c(-c2ccc(C(=O)Cc3ccc(C(F)(F)F)nc3)cn2)nnn1C)c1cc(F)cnc1F. The lowest BCUT2D eigenvalue weighted by molar-refractivity contribution is -0.148. The van der Waals surface area contributed by atoms with Crippen LogP contribution in [-0.4, -0.2) is 41.7 Å². The second kappa shape index (κ2) is 11.0. The van der Waals surface area contributed by atoms with Crippen LogP contribution in [0.25, 0.3) is 11.4 Å². The average molecular weight is 546 g/mol. The molecule has 202 valence electrons. The molecule has 0 unspecified atom stereocenters. The van der Waals surface area contributed by atoms with Gasteiger partial charge in [0.1, 0.15) is 23.3 Å². The smallest absolute Gasteiger partial charge is 0.433 e. The first-order valence-electron chi connectivity index (χ1n) is 11.3. The quantitative estimate of drug-likeness (QED) is 0.140. The molecule has 4 heterocycles. The van der Waals surface area contributed by atoms with Crippen LogP contribution in [-0.2, 0) is 35.6 Å². The van der Waals surface area contributed by atoms with Gasteiger partial charge in [-0.15, -0.1) is 5.10 Å². The summed E-state index contributed by atoms with van der Waals surface area (Å²) < 4.78 is 71.9. The summed E-state index contributed by atoms with van der Waals surface area (Å²) in [4.78, 5) is 36.0. The van der Waals surface area contributed by atoms with Crippen molar-refractivity contribution in [2.45, 2.75) is 32.0 Å². The maximum atomic E-state index is 13.9. The minimum Gasteiger partial charge on any atom is -0.457 e. The molecule has 0 fully saturated rings. The first kappa shape index (κ1) is 27.4. The van der Waals surface area contributed by atoms with Crippen molar-refractivity contribution >= 4 is 11.8 Å². The molecule has 0 bridgehead atoms. The Morgan fingerprint density at radius 3 is 2.41 bits per heavy atom. The fourth-order valence-corrected chi connectivity index (χ4v) is 3.62. The van der Waals surface area contributed by atoms with Gasteiger partial charge in [0.2, 0.25) is 5.95 Å². The van der Waals surface area contributed by atoms with E-state index in [1.807, 2.05) is 0 Å². The minimum absolute atomic E-state index is 0.186. The van der Waals surface area contributed by atoms with E-state index in [1.54, 1.807) is 0 Å². The Balaban J connectivity index is 1.44. The summed E-state index contributed by atoms with van der Waals surface area (Å²) in [7, 11) is 1.54. The van der Waals surface area contributed by atoms with E-state index in [2.05, 4.69) is 25.3 Å². The summed E-state index contributed by atoms with van der Waals surface area (Å²) in [6.45, 7) is 1.37. The van der Waals surface area contributed by atoms with Gasteiger partial charge in [0, 0.05) is 31.4 Å². The summed E-state index contributed by atoms with van der Waals surface area (Å²) in [5, 5.41) is 7.90. The molecule has 14 heteroatoms. The lowest BCUT2D eigenvalue weighted by atomic mass is 10.0. The third-order valence-electron chi connectivity index (χ3n) is 5.64. The van der Waals surface area contributed by atoms with Crippen LogP contribution in [0, 0.1) is 11.8 Å². The fourth-order valence-electron chi connectivity index (χ4n) is 3.62. The predicted molar refractivity (Wildman–Crippen MR) is 124 cm³/mol. The number of aromatic nitrogens is 6. The van der Waals surface area contributed by atoms with Crippen LogP contribution in [0.1, 0.15) is 45.9 Å².